The van der Waals surface area contributed by atoms with Crippen LogP contribution in [0.4, 0.5) is 45.5 Å². The van der Waals surface area contributed by atoms with E-state index in [1.165, 1.54) is 123 Å². The second-order valence-electron chi connectivity index (χ2n) is 26.2. The maximum Gasteiger partial charge on any atom is 0.252 e. The van der Waals surface area contributed by atoms with Crippen molar-refractivity contribution in [1.82, 2.24) is 0 Å². The van der Waals surface area contributed by atoms with Crippen LogP contribution in [0.15, 0.2) is 194 Å². The second kappa shape index (κ2) is 17.2. The van der Waals surface area contributed by atoms with Crippen LogP contribution in [0.25, 0.3) is 22.3 Å². The summed E-state index contributed by atoms with van der Waals surface area (Å²) in [5.74, 6) is 0. The molecule has 77 heavy (non-hydrogen) atoms. The molecule has 0 fully saturated rings. The van der Waals surface area contributed by atoms with Crippen molar-refractivity contribution in [2.24, 2.45) is 0 Å². The molecule has 0 N–H and O–H groups in total. The molecule has 0 amide bonds. The van der Waals surface area contributed by atoms with E-state index in [2.05, 4.69) is 292 Å². The predicted molar refractivity (Wildman–Crippen MR) is 330 cm³/mol. The highest BCUT2D eigenvalue weighted by Crippen LogP contribution is 2.64. The molecule has 1 aliphatic carbocycles. The summed E-state index contributed by atoms with van der Waals surface area (Å²) in [6.45, 7) is 28.4. The Balaban J connectivity index is 1.10. The number of fused-ring (bicyclic) bond motifs is 9. The second-order valence-corrected chi connectivity index (χ2v) is 26.2. The van der Waals surface area contributed by atoms with E-state index in [4.69, 9.17) is 0 Å². The van der Waals surface area contributed by atoms with Crippen molar-refractivity contribution in [3.8, 4) is 22.3 Å². The van der Waals surface area contributed by atoms with Gasteiger partial charge in [0.15, 0.2) is 0 Å². The van der Waals surface area contributed by atoms with Crippen LogP contribution in [0.2, 0.25) is 0 Å². The Morgan fingerprint density at radius 1 is 0.403 bits per heavy atom. The molecule has 9 aromatic rings. The van der Waals surface area contributed by atoms with E-state index in [-0.39, 0.29) is 33.9 Å². The molecule has 0 saturated heterocycles. The first-order valence-corrected chi connectivity index (χ1v) is 28.2. The highest BCUT2D eigenvalue weighted by atomic mass is 15.3. The van der Waals surface area contributed by atoms with Gasteiger partial charge in [-0.25, -0.2) is 0 Å². The van der Waals surface area contributed by atoms with E-state index in [0.717, 1.165) is 12.8 Å². The summed E-state index contributed by atoms with van der Waals surface area (Å²) in [5, 5.41) is 0. The Labute approximate surface area is 459 Å². The monoisotopic (exact) mass is 1000 g/mol. The summed E-state index contributed by atoms with van der Waals surface area (Å²) in [5.41, 5.74) is 27.6. The normalized spacial score (nSPS) is 18.3. The van der Waals surface area contributed by atoms with E-state index < -0.39 is 0 Å². The van der Waals surface area contributed by atoms with Gasteiger partial charge in [0, 0.05) is 50.9 Å². The Morgan fingerprint density at radius 3 is 1.57 bits per heavy atom. The van der Waals surface area contributed by atoms with Crippen LogP contribution in [0.1, 0.15) is 122 Å². The molecule has 0 saturated carbocycles. The molecule has 4 heteroatoms. The van der Waals surface area contributed by atoms with Gasteiger partial charge in [0.25, 0.3) is 6.71 Å². The van der Waals surface area contributed by atoms with Crippen molar-refractivity contribution in [3.05, 3.63) is 233 Å². The molecule has 4 aliphatic rings. The van der Waals surface area contributed by atoms with E-state index in [1.807, 2.05) is 0 Å². The number of hydrogen-bond donors (Lipinski definition) is 0. The van der Waals surface area contributed by atoms with Gasteiger partial charge in [-0.2, -0.15) is 0 Å². The third kappa shape index (κ3) is 7.52. The van der Waals surface area contributed by atoms with Crippen molar-refractivity contribution in [2.45, 2.75) is 123 Å². The van der Waals surface area contributed by atoms with Gasteiger partial charge in [0.05, 0.1) is 5.54 Å². The standard InChI is InChI=1S/C73H72BN3/c1-47-41-54(70(5,6)7)31-38-62(47)76-64-43-52(49-23-17-14-18-24-49)27-35-60(64)74-61-36-34-57(46-65(61)75(56-32-29-53(30-33-56)69(2,3)4)66-44-55(71(8,9)10)45-67(76)68(66)74)77-63-37-28-51(48-21-15-13-16-22-48)42-59(63)72(11)40-39-50-25-19-20-26-58(50)73(72,77)12/h13-38,41-46H,39-40H2,1-12H3. The Hall–Kier alpha value is -7.56. The molecule has 0 bridgehead atoms. The highest BCUT2D eigenvalue weighted by molar-refractivity contribution is 7.00. The molecule has 13 rings (SSSR count). The number of aryl methyl sites for hydroxylation is 2. The zero-order valence-corrected chi connectivity index (χ0v) is 47.3. The molecule has 3 nitrogen and oxygen atoms in total. The number of nitrogens with zero attached hydrogens (tertiary/aromatic N) is 3. The van der Waals surface area contributed by atoms with Crippen LogP contribution in [0.3, 0.4) is 0 Å². The molecule has 3 aliphatic heterocycles. The summed E-state index contributed by atoms with van der Waals surface area (Å²) < 4.78 is 0. The molecule has 2 atom stereocenters. The fourth-order valence-electron chi connectivity index (χ4n) is 13.9. The van der Waals surface area contributed by atoms with Crippen LogP contribution in [-0.2, 0) is 33.6 Å². The van der Waals surface area contributed by atoms with Gasteiger partial charge in [-0.1, -0.05) is 203 Å². The molecule has 9 aromatic carbocycles. The first-order chi connectivity index (χ1) is 36.7. The minimum absolute atomic E-state index is 0.00698. The number of anilines is 8. The Morgan fingerprint density at radius 2 is 0.935 bits per heavy atom. The fraction of sp³-hybridized carbons (Fsp3) is 0.260. The molecule has 0 radical (unpaired) electrons. The lowest BCUT2D eigenvalue weighted by Crippen LogP contribution is -2.61. The lowest BCUT2D eigenvalue weighted by molar-refractivity contribution is 0.245. The van der Waals surface area contributed by atoms with Gasteiger partial charge in [-0.15, -0.1) is 0 Å². The summed E-state index contributed by atoms with van der Waals surface area (Å²) in [7, 11) is 0. The van der Waals surface area contributed by atoms with Crippen LogP contribution in [-0.4, -0.2) is 6.71 Å². The summed E-state index contributed by atoms with van der Waals surface area (Å²) in [6, 6.07) is 75.1. The van der Waals surface area contributed by atoms with Gasteiger partial charge in [-0.05, 0) is 181 Å². The summed E-state index contributed by atoms with van der Waals surface area (Å²) in [4.78, 5) is 8.01. The quantitative estimate of drug-likeness (QED) is 0.159. The molecular weight excluding hydrogens is 930 g/mol. The minimum Gasteiger partial charge on any atom is -0.330 e. The first kappa shape index (κ1) is 49.0. The van der Waals surface area contributed by atoms with E-state index >= 15 is 0 Å². The topological polar surface area (TPSA) is 9.72 Å². The smallest absolute Gasteiger partial charge is 0.252 e. The van der Waals surface area contributed by atoms with Crippen molar-refractivity contribution in [3.63, 3.8) is 0 Å². The maximum absolute atomic E-state index is 2.75. The van der Waals surface area contributed by atoms with Crippen molar-refractivity contribution in [1.29, 1.82) is 0 Å². The SMILES string of the molecule is Cc1cc(C(C)(C)C)ccc1N1c2cc(-c3ccccc3)ccc2B2c3ccc(N4c5ccc(-c6ccccc6)cc5C5(C)CCc6ccccc6C45C)cc3N(c3ccc(C(C)(C)C)cc3)c3cc(C(C)(C)C)cc1c32. The maximum atomic E-state index is 2.75. The number of hydrogen-bond acceptors (Lipinski definition) is 3. The zero-order valence-electron chi connectivity index (χ0n) is 47.3. The molecule has 3 heterocycles. The average molecular weight is 1000 g/mol. The van der Waals surface area contributed by atoms with Gasteiger partial charge in [0.2, 0.25) is 0 Å². The fourth-order valence-corrected chi connectivity index (χ4v) is 13.9. The average Bonchev–Trinajstić information content (AvgIpc) is 3.79. The zero-order chi connectivity index (χ0) is 53.6. The van der Waals surface area contributed by atoms with Gasteiger partial charge in [0.1, 0.15) is 0 Å². The lowest BCUT2D eigenvalue weighted by atomic mass is 9.33. The third-order valence-electron chi connectivity index (χ3n) is 18.5. The van der Waals surface area contributed by atoms with Gasteiger partial charge >= 0.3 is 0 Å². The molecule has 0 spiro atoms. The molecule has 0 aromatic heterocycles. The van der Waals surface area contributed by atoms with Crippen molar-refractivity contribution >= 4 is 68.6 Å². The van der Waals surface area contributed by atoms with E-state index in [9.17, 15) is 0 Å². The molecular formula is C73H72BN3. The van der Waals surface area contributed by atoms with Gasteiger partial charge < -0.3 is 14.7 Å². The number of rotatable bonds is 5. The lowest BCUT2D eigenvalue weighted by Gasteiger charge is -2.51. The molecule has 2 unspecified atom stereocenters. The van der Waals surface area contributed by atoms with Crippen LogP contribution in [0.5, 0.6) is 0 Å². The highest BCUT2D eigenvalue weighted by Gasteiger charge is 2.60. The van der Waals surface area contributed by atoms with Crippen molar-refractivity contribution in [2.75, 3.05) is 14.7 Å². The predicted octanol–water partition coefficient (Wildman–Crippen LogP) is 17.6. The van der Waals surface area contributed by atoms with Crippen molar-refractivity contribution < 1.29 is 0 Å². The molecule has 382 valence electrons. The minimum atomic E-state index is -0.377. The summed E-state index contributed by atoms with van der Waals surface area (Å²) >= 11 is 0. The van der Waals surface area contributed by atoms with Crippen LogP contribution < -0.4 is 31.1 Å². The van der Waals surface area contributed by atoms with Crippen LogP contribution in [0, 0.1) is 6.92 Å². The van der Waals surface area contributed by atoms with Gasteiger partial charge in [-0.3, -0.25) is 0 Å². The summed E-state index contributed by atoms with van der Waals surface area (Å²) in [6.07, 6.45) is 2.11. The van der Waals surface area contributed by atoms with E-state index in [1.54, 1.807) is 0 Å². The third-order valence-corrected chi connectivity index (χ3v) is 18.5. The van der Waals surface area contributed by atoms with E-state index in [0.29, 0.717) is 0 Å². The Kier molecular flexibility index (Phi) is 11.0. The Bertz CT molecular complexity index is 3820. The first-order valence-electron chi connectivity index (χ1n) is 28.2. The number of benzene rings is 9. The van der Waals surface area contributed by atoms with Crippen LogP contribution >= 0.6 is 0 Å². The largest absolute Gasteiger partial charge is 0.330 e.